The van der Waals surface area contributed by atoms with E-state index in [9.17, 15) is 9.18 Å². The molecule has 0 radical (unpaired) electrons. The Balaban J connectivity index is 1.38. The molecule has 0 bridgehead atoms. The number of H-pyrrole nitrogens is 1. The highest BCUT2D eigenvalue weighted by molar-refractivity contribution is 5.79. The Hall–Kier alpha value is -3.15. The summed E-state index contributed by atoms with van der Waals surface area (Å²) in [5.41, 5.74) is 2.33. The van der Waals surface area contributed by atoms with Gasteiger partial charge in [0.1, 0.15) is 23.0 Å². The quantitative estimate of drug-likeness (QED) is 0.564. The molecule has 2 N–H and O–H groups in total. The smallest absolute Gasteiger partial charge is 0.221 e. The van der Waals surface area contributed by atoms with E-state index in [4.69, 9.17) is 4.42 Å². The molecular weight excluding hydrogens is 333 g/mol. The summed E-state index contributed by atoms with van der Waals surface area (Å²) in [4.78, 5) is 19.9. The maximum atomic E-state index is 13.3. The van der Waals surface area contributed by atoms with E-state index in [1.165, 1.54) is 12.1 Å². The van der Waals surface area contributed by atoms with E-state index in [1.807, 2.05) is 37.3 Å². The number of nitrogens with one attached hydrogen (secondary N) is 2. The normalized spacial score (nSPS) is 12.5. The lowest BCUT2D eigenvalue weighted by atomic mass is 10.2. The third-order valence-electron chi connectivity index (χ3n) is 4.33. The summed E-state index contributed by atoms with van der Waals surface area (Å²) in [5, 5.41) is 3.72. The molecule has 26 heavy (non-hydrogen) atoms. The number of imidazole rings is 1. The zero-order valence-electron chi connectivity index (χ0n) is 14.3. The van der Waals surface area contributed by atoms with Gasteiger partial charge in [-0.15, -0.1) is 0 Å². The molecule has 132 valence electrons. The van der Waals surface area contributed by atoms with Crippen molar-refractivity contribution in [1.82, 2.24) is 15.3 Å². The van der Waals surface area contributed by atoms with Crippen LogP contribution < -0.4 is 5.32 Å². The lowest BCUT2D eigenvalue weighted by Gasteiger charge is -2.10. The zero-order chi connectivity index (χ0) is 18.1. The van der Waals surface area contributed by atoms with Crippen LogP contribution in [0, 0.1) is 5.82 Å². The number of furan rings is 1. The molecule has 2 aromatic carbocycles. The second-order valence-electron chi connectivity index (χ2n) is 6.32. The first-order valence-corrected chi connectivity index (χ1v) is 8.50. The highest BCUT2D eigenvalue weighted by Gasteiger charge is 2.15. The molecule has 0 spiro atoms. The zero-order valence-corrected chi connectivity index (χ0v) is 14.3. The number of aryl methyl sites for hydroxylation is 1. The number of amides is 1. The molecule has 0 saturated heterocycles. The van der Waals surface area contributed by atoms with Crippen molar-refractivity contribution in [2.24, 2.45) is 0 Å². The van der Waals surface area contributed by atoms with Gasteiger partial charge in [0, 0.05) is 24.3 Å². The molecule has 1 atom stereocenters. The SMILES string of the molecule is CC(NC(=O)CCc1nc2ccccc2[nH]1)c1cc2ccc(F)cc2o1. The first kappa shape index (κ1) is 16.3. The molecule has 0 aliphatic carbocycles. The topological polar surface area (TPSA) is 70.9 Å². The first-order chi connectivity index (χ1) is 12.6. The highest BCUT2D eigenvalue weighted by atomic mass is 19.1. The summed E-state index contributed by atoms with van der Waals surface area (Å²) in [6.07, 6.45) is 0.845. The number of benzene rings is 2. The van der Waals surface area contributed by atoms with E-state index in [-0.39, 0.29) is 17.8 Å². The predicted molar refractivity (Wildman–Crippen MR) is 97.1 cm³/mol. The maximum absolute atomic E-state index is 13.3. The molecular formula is C20H18FN3O2. The van der Waals surface area contributed by atoms with Gasteiger partial charge in [0.25, 0.3) is 0 Å². The number of aromatic nitrogens is 2. The summed E-state index contributed by atoms with van der Waals surface area (Å²) in [6, 6.07) is 13.7. The molecule has 5 nitrogen and oxygen atoms in total. The van der Waals surface area contributed by atoms with Crippen molar-refractivity contribution in [1.29, 1.82) is 0 Å². The minimum atomic E-state index is -0.346. The van der Waals surface area contributed by atoms with Gasteiger partial charge in [-0.3, -0.25) is 4.79 Å². The van der Waals surface area contributed by atoms with Gasteiger partial charge in [-0.2, -0.15) is 0 Å². The standard InChI is InChI=1S/C20H18FN3O2/c1-12(17-10-13-6-7-14(21)11-18(13)26-17)22-20(25)9-8-19-23-15-4-2-3-5-16(15)24-19/h2-7,10-12H,8-9H2,1H3,(H,22,25)(H,23,24). The molecule has 1 amide bonds. The number of aromatic amines is 1. The third-order valence-corrected chi connectivity index (χ3v) is 4.33. The summed E-state index contributed by atoms with van der Waals surface area (Å²) in [6.45, 7) is 1.84. The minimum absolute atomic E-state index is 0.0930. The first-order valence-electron chi connectivity index (χ1n) is 8.50. The number of hydrogen-bond donors (Lipinski definition) is 2. The van der Waals surface area contributed by atoms with Crippen molar-refractivity contribution < 1.29 is 13.6 Å². The fourth-order valence-corrected chi connectivity index (χ4v) is 2.98. The van der Waals surface area contributed by atoms with Crippen molar-refractivity contribution in [2.45, 2.75) is 25.8 Å². The van der Waals surface area contributed by atoms with Gasteiger partial charge < -0.3 is 14.7 Å². The van der Waals surface area contributed by atoms with Crippen LogP contribution in [0.3, 0.4) is 0 Å². The van der Waals surface area contributed by atoms with Crippen molar-refractivity contribution in [3.63, 3.8) is 0 Å². The number of carbonyl (C=O) groups excluding carboxylic acids is 1. The van der Waals surface area contributed by atoms with Crippen LogP contribution in [0.5, 0.6) is 0 Å². The largest absolute Gasteiger partial charge is 0.459 e. The lowest BCUT2D eigenvalue weighted by Crippen LogP contribution is -2.26. The fraction of sp³-hybridized carbons (Fsp3) is 0.200. The van der Waals surface area contributed by atoms with Crippen LogP contribution in [-0.4, -0.2) is 15.9 Å². The summed E-state index contributed by atoms with van der Waals surface area (Å²) < 4.78 is 18.9. The van der Waals surface area contributed by atoms with E-state index in [0.717, 1.165) is 22.2 Å². The Morgan fingerprint density at radius 2 is 2.12 bits per heavy atom. The third kappa shape index (κ3) is 3.31. The Bertz CT molecular complexity index is 1050. The number of fused-ring (bicyclic) bond motifs is 2. The molecule has 2 heterocycles. The summed E-state index contributed by atoms with van der Waals surface area (Å²) >= 11 is 0. The van der Waals surface area contributed by atoms with Crippen LogP contribution in [0.1, 0.15) is 31.0 Å². The molecule has 0 fully saturated rings. The molecule has 0 aliphatic rings. The second kappa shape index (κ2) is 6.63. The van der Waals surface area contributed by atoms with Crippen molar-refractivity contribution in [3.05, 3.63) is 65.9 Å². The van der Waals surface area contributed by atoms with Crippen LogP contribution in [0.2, 0.25) is 0 Å². The van der Waals surface area contributed by atoms with Crippen molar-refractivity contribution >= 4 is 27.9 Å². The molecule has 2 aromatic heterocycles. The van der Waals surface area contributed by atoms with Gasteiger partial charge in [-0.1, -0.05) is 12.1 Å². The van der Waals surface area contributed by atoms with E-state index < -0.39 is 0 Å². The molecule has 0 saturated carbocycles. The van der Waals surface area contributed by atoms with E-state index in [2.05, 4.69) is 15.3 Å². The number of hydrogen-bond acceptors (Lipinski definition) is 3. The summed E-state index contributed by atoms with van der Waals surface area (Å²) in [7, 11) is 0. The maximum Gasteiger partial charge on any atom is 0.221 e. The van der Waals surface area contributed by atoms with Gasteiger partial charge >= 0.3 is 0 Å². The van der Waals surface area contributed by atoms with Crippen molar-refractivity contribution in [2.75, 3.05) is 0 Å². The predicted octanol–water partition coefficient (Wildman–Crippen LogP) is 4.26. The van der Waals surface area contributed by atoms with Gasteiger partial charge in [0.2, 0.25) is 5.91 Å². The Morgan fingerprint density at radius 1 is 1.27 bits per heavy atom. The minimum Gasteiger partial charge on any atom is -0.459 e. The average molecular weight is 351 g/mol. The van der Waals surface area contributed by atoms with Crippen LogP contribution in [0.15, 0.2) is 52.9 Å². The molecule has 4 rings (SSSR count). The number of carbonyl (C=O) groups is 1. The van der Waals surface area contributed by atoms with E-state index >= 15 is 0 Å². The van der Waals surface area contributed by atoms with Crippen molar-refractivity contribution in [3.8, 4) is 0 Å². The molecule has 6 heteroatoms. The number of nitrogens with zero attached hydrogens (tertiary/aromatic N) is 1. The monoisotopic (exact) mass is 351 g/mol. The Kier molecular flexibility index (Phi) is 4.16. The Morgan fingerprint density at radius 3 is 2.96 bits per heavy atom. The second-order valence-corrected chi connectivity index (χ2v) is 6.32. The Labute approximate surface area is 149 Å². The van der Waals surface area contributed by atoms with Gasteiger partial charge in [0.15, 0.2) is 0 Å². The van der Waals surface area contributed by atoms with Crippen LogP contribution in [-0.2, 0) is 11.2 Å². The summed E-state index contributed by atoms with van der Waals surface area (Å²) in [5.74, 6) is 0.946. The number of rotatable bonds is 5. The van der Waals surface area contributed by atoms with Crippen LogP contribution in [0.25, 0.3) is 22.0 Å². The van der Waals surface area contributed by atoms with Gasteiger partial charge in [-0.05, 0) is 37.3 Å². The van der Waals surface area contributed by atoms with Crippen LogP contribution in [0.4, 0.5) is 4.39 Å². The van der Waals surface area contributed by atoms with Gasteiger partial charge in [0.05, 0.1) is 17.1 Å². The van der Waals surface area contributed by atoms with E-state index in [0.29, 0.717) is 24.2 Å². The van der Waals surface area contributed by atoms with Crippen LogP contribution >= 0.6 is 0 Å². The molecule has 4 aromatic rings. The highest BCUT2D eigenvalue weighted by Crippen LogP contribution is 2.24. The lowest BCUT2D eigenvalue weighted by molar-refractivity contribution is -0.121. The fourth-order valence-electron chi connectivity index (χ4n) is 2.98. The number of halogens is 1. The molecule has 1 unspecified atom stereocenters. The molecule has 0 aliphatic heterocycles. The number of para-hydroxylation sites is 2. The van der Waals surface area contributed by atoms with Gasteiger partial charge in [-0.25, -0.2) is 9.37 Å². The van der Waals surface area contributed by atoms with E-state index in [1.54, 1.807) is 6.07 Å². The average Bonchev–Trinajstić information content (AvgIpc) is 3.23.